The monoisotopic (exact) mass is 286 g/mol. The highest BCUT2D eigenvalue weighted by Crippen LogP contribution is 2.35. The molecule has 0 radical (unpaired) electrons. The van der Waals surface area contributed by atoms with Gasteiger partial charge in [-0.25, -0.2) is 8.78 Å². The lowest BCUT2D eigenvalue weighted by atomic mass is 10.3. The molecule has 11 heavy (non-hydrogen) atoms. The van der Waals surface area contributed by atoms with Gasteiger partial charge in [0.25, 0.3) is 0 Å². The average Bonchev–Trinajstić information content (AvgIpc) is 1.97. The molecule has 0 amide bonds. The third-order valence-corrected chi connectivity index (χ3v) is 2.42. The van der Waals surface area contributed by atoms with Crippen molar-refractivity contribution in [3.05, 3.63) is 26.6 Å². The molecule has 0 saturated carbocycles. The van der Waals surface area contributed by atoms with Gasteiger partial charge in [0, 0.05) is 0 Å². The summed E-state index contributed by atoms with van der Waals surface area (Å²) in [6, 6.07) is 0.857. The third-order valence-electron chi connectivity index (χ3n) is 1.09. The fourth-order valence-corrected chi connectivity index (χ4v) is 1.62. The quantitative estimate of drug-likeness (QED) is 0.574. The second-order valence-corrected chi connectivity index (χ2v) is 3.46. The van der Waals surface area contributed by atoms with Gasteiger partial charge in [0.05, 0.1) is 8.95 Å². The van der Waals surface area contributed by atoms with Gasteiger partial charge in [-0.3, -0.25) is 0 Å². The maximum atomic E-state index is 12.6. The highest BCUT2D eigenvalue weighted by atomic mass is 79.9. The summed E-state index contributed by atoms with van der Waals surface area (Å²) in [4.78, 5) is 0. The van der Waals surface area contributed by atoms with E-state index in [-0.39, 0.29) is 14.7 Å². The summed E-state index contributed by atoms with van der Waals surface area (Å²) in [5, 5.41) is 9.01. The second kappa shape index (κ2) is 3.06. The van der Waals surface area contributed by atoms with Crippen LogP contribution >= 0.6 is 31.9 Å². The Hall–Kier alpha value is -0.160. The lowest BCUT2D eigenvalue weighted by molar-refractivity contribution is 0.445. The van der Waals surface area contributed by atoms with Crippen LogP contribution in [0.15, 0.2) is 15.0 Å². The lowest BCUT2D eigenvalue weighted by Gasteiger charge is -2.01. The molecule has 1 N–H and O–H groups in total. The summed E-state index contributed by atoms with van der Waals surface area (Å²) < 4.78 is 24.9. The van der Waals surface area contributed by atoms with E-state index in [1.807, 2.05) is 0 Å². The Morgan fingerprint density at radius 1 is 1.27 bits per heavy atom. The first-order valence-corrected chi connectivity index (χ1v) is 4.14. The number of phenolic OH excluding ortho intramolecular Hbond substituents is 1. The van der Waals surface area contributed by atoms with E-state index < -0.39 is 11.6 Å². The molecule has 0 spiro atoms. The maximum absolute atomic E-state index is 12.6. The molecule has 0 fully saturated rings. The van der Waals surface area contributed by atoms with Gasteiger partial charge in [-0.2, -0.15) is 0 Å². The predicted octanol–water partition coefficient (Wildman–Crippen LogP) is 3.20. The summed E-state index contributed by atoms with van der Waals surface area (Å²) in [6.45, 7) is 0. The molecule has 0 aromatic heterocycles. The summed E-state index contributed by atoms with van der Waals surface area (Å²) in [7, 11) is 0. The van der Waals surface area contributed by atoms with Crippen LogP contribution in [0.1, 0.15) is 0 Å². The third kappa shape index (κ3) is 1.54. The fourth-order valence-electron chi connectivity index (χ4n) is 0.557. The van der Waals surface area contributed by atoms with Crippen molar-refractivity contribution in [2.75, 3.05) is 0 Å². The van der Waals surface area contributed by atoms with Crippen molar-refractivity contribution in [1.82, 2.24) is 0 Å². The normalized spacial score (nSPS) is 10.2. The van der Waals surface area contributed by atoms with E-state index in [2.05, 4.69) is 31.9 Å². The molecule has 1 rings (SSSR count). The first kappa shape index (κ1) is 8.93. The fraction of sp³-hybridized carbons (Fsp3) is 0. The standard InChI is InChI=1S/C6H2Br2F2O/c7-2-1-3(9)5(10)4(8)6(2)11/h1,11H. The maximum Gasteiger partial charge on any atom is 0.176 e. The van der Waals surface area contributed by atoms with E-state index >= 15 is 0 Å². The molecule has 1 aromatic carbocycles. The summed E-state index contributed by atoms with van der Waals surface area (Å²) in [5.41, 5.74) is 0. The first-order valence-electron chi connectivity index (χ1n) is 2.56. The summed E-state index contributed by atoms with van der Waals surface area (Å²) >= 11 is 5.53. The van der Waals surface area contributed by atoms with Crippen molar-refractivity contribution in [3.8, 4) is 5.75 Å². The van der Waals surface area contributed by atoms with E-state index in [0.717, 1.165) is 6.07 Å². The molecule has 0 heterocycles. The minimum absolute atomic E-state index is 0.114. The molecule has 60 valence electrons. The second-order valence-electron chi connectivity index (χ2n) is 1.82. The van der Waals surface area contributed by atoms with E-state index in [4.69, 9.17) is 5.11 Å². The number of phenols is 1. The Bertz CT molecular complexity index is 275. The van der Waals surface area contributed by atoms with Crippen LogP contribution in [0.4, 0.5) is 8.78 Å². The van der Waals surface area contributed by atoms with Gasteiger partial charge < -0.3 is 5.11 Å². The van der Waals surface area contributed by atoms with Crippen LogP contribution in [-0.4, -0.2) is 5.11 Å². The molecule has 5 heteroatoms. The Morgan fingerprint density at radius 3 is 2.36 bits per heavy atom. The zero-order valence-electron chi connectivity index (χ0n) is 5.04. The van der Waals surface area contributed by atoms with Gasteiger partial charge in [0.2, 0.25) is 0 Å². The minimum Gasteiger partial charge on any atom is -0.505 e. The number of hydrogen-bond acceptors (Lipinski definition) is 1. The topological polar surface area (TPSA) is 20.2 Å². The highest BCUT2D eigenvalue weighted by molar-refractivity contribution is 9.11. The van der Waals surface area contributed by atoms with Gasteiger partial charge >= 0.3 is 0 Å². The molecule has 0 aliphatic heterocycles. The molecule has 0 atom stereocenters. The molecule has 0 aliphatic carbocycles. The molecular formula is C6H2Br2F2O. The zero-order chi connectivity index (χ0) is 8.59. The Labute approximate surface area is 78.3 Å². The number of benzene rings is 1. The van der Waals surface area contributed by atoms with Crippen molar-refractivity contribution in [2.24, 2.45) is 0 Å². The summed E-state index contributed by atoms with van der Waals surface area (Å²) in [5.74, 6) is -2.45. The van der Waals surface area contributed by atoms with Crippen LogP contribution < -0.4 is 0 Å². The first-order chi connectivity index (χ1) is 5.04. The predicted molar refractivity (Wildman–Crippen MR) is 43.4 cm³/mol. The summed E-state index contributed by atoms with van der Waals surface area (Å²) in [6.07, 6.45) is 0. The van der Waals surface area contributed by atoms with E-state index in [1.54, 1.807) is 0 Å². The smallest absolute Gasteiger partial charge is 0.176 e. The van der Waals surface area contributed by atoms with Crippen LogP contribution in [0, 0.1) is 11.6 Å². The lowest BCUT2D eigenvalue weighted by Crippen LogP contribution is -1.86. The molecule has 0 saturated heterocycles. The molecule has 1 nitrogen and oxygen atoms in total. The molecule has 0 unspecified atom stereocenters. The number of aromatic hydroxyl groups is 1. The van der Waals surface area contributed by atoms with Gasteiger partial charge in [0.1, 0.15) is 5.75 Å². The Morgan fingerprint density at radius 2 is 1.82 bits per heavy atom. The van der Waals surface area contributed by atoms with Crippen LogP contribution in [0.25, 0.3) is 0 Å². The van der Waals surface area contributed by atoms with Gasteiger partial charge in [-0.05, 0) is 37.9 Å². The number of hydrogen-bond donors (Lipinski definition) is 1. The zero-order valence-corrected chi connectivity index (χ0v) is 8.21. The molecule has 0 bridgehead atoms. The highest BCUT2D eigenvalue weighted by Gasteiger charge is 2.13. The van der Waals surface area contributed by atoms with Crippen LogP contribution in [0.2, 0.25) is 0 Å². The van der Waals surface area contributed by atoms with Crippen molar-refractivity contribution in [2.45, 2.75) is 0 Å². The molecular weight excluding hydrogens is 286 g/mol. The largest absolute Gasteiger partial charge is 0.505 e. The van der Waals surface area contributed by atoms with Gasteiger partial charge in [0.15, 0.2) is 11.6 Å². The molecule has 1 aromatic rings. The number of rotatable bonds is 0. The van der Waals surface area contributed by atoms with E-state index in [1.165, 1.54) is 0 Å². The van der Waals surface area contributed by atoms with E-state index in [0.29, 0.717) is 0 Å². The van der Waals surface area contributed by atoms with Crippen molar-refractivity contribution in [3.63, 3.8) is 0 Å². The Kier molecular flexibility index (Phi) is 2.49. The van der Waals surface area contributed by atoms with Crippen molar-refractivity contribution in [1.29, 1.82) is 0 Å². The van der Waals surface area contributed by atoms with Crippen LogP contribution in [0.5, 0.6) is 5.75 Å². The minimum atomic E-state index is -1.09. The Balaban J connectivity index is 3.46. The SMILES string of the molecule is Oc1c(Br)cc(F)c(F)c1Br. The number of halogens is 4. The van der Waals surface area contributed by atoms with Crippen molar-refractivity contribution >= 4 is 31.9 Å². The molecule has 0 aliphatic rings. The van der Waals surface area contributed by atoms with E-state index in [9.17, 15) is 8.78 Å². The average molecular weight is 288 g/mol. The van der Waals surface area contributed by atoms with Crippen LogP contribution in [-0.2, 0) is 0 Å². The van der Waals surface area contributed by atoms with Crippen LogP contribution in [0.3, 0.4) is 0 Å². The van der Waals surface area contributed by atoms with Gasteiger partial charge in [-0.1, -0.05) is 0 Å². The van der Waals surface area contributed by atoms with Gasteiger partial charge in [-0.15, -0.1) is 0 Å². The van der Waals surface area contributed by atoms with Crippen molar-refractivity contribution < 1.29 is 13.9 Å².